The van der Waals surface area contributed by atoms with Gasteiger partial charge >= 0.3 is 0 Å². The third kappa shape index (κ3) is 5.07. The Kier molecular flexibility index (Phi) is 6.07. The van der Waals surface area contributed by atoms with Crippen LogP contribution in [0.25, 0.3) is 22.8 Å². The maximum absolute atomic E-state index is 12.1. The van der Waals surface area contributed by atoms with Crippen molar-refractivity contribution in [3.8, 4) is 28.6 Å². The lowest BCUT2D eigenvalue weighted by atomic mass is 10.1. The summed E-state index contributed by atoms with van der Waals surface area (Å²) in [4.78, 5) is 27.9. The molecule has 0 bridgehead atoms. The lowest BCUT2D eigenvalue weighted by Crippen LogP contribution is -2.20. The second-order valence-electron chi connectivity index (χ2n) is 7.28. The number of nitrogens with zero attached hydrogens (tertiary/aromatic N) is 2. The Hall–Kier alpha value is -4.26. The van der Waals surface area contributed by atoms with Crippen LogP contribution in [-0.2, 0) is 4.79 Å². The SMILES string of the molecule is CC(=O)c1ccc(NC(=O)COc2ccc(-c3nc(-c4ccc(C)cc4)no3)cc2)cc1. The molecule has 7 nitrogen and oxygen atoms in total. The molecular formula is C25H21N3O4. The van der Waals surface area contributed by atoms with Gasteiger partial charge in [0.15, 0.2) is 12.4 Å². The summed E-state index contributed by atoms with van der Waals surface area (Å²) in [5.74, 6) is 1.13. The molecule has 0 aliphatic rings. The van der Waals surface area contributed by atoms with Crippen molar-refractivity contribution in [2.45, 2.75) is 13.8 Å². The van der Waals surface area contributed by atoms with Crippen molar-refractivity contribution in [1.82, 2.24) is 10.1 Å². The van der Waals surface area contributed by atoms with Crippen molar-refractivity contribution in [3.63, 3.8) is 0 Å². The summed E-state index contributed by atoms with van der Waals surface area (Å²) >= 11 is 0. The van der Waals surface area contributed by atoms with E-state index in [2.05, 4.69) is 15.5 Å². The molecule has 0 radical (unpaired) electrons. The first kappa shape index (κ1) is 21.0. The number of amides is 1. The van der Waals surface area contributed by atoms with E-state index in [4.69, 9.17) is 9.26 Å². The fourth-order valence-corrected chi connectivity index (χ4v) is 2.99. The van der Waals surface area contributed by atoms with Gasteiger partial charge in [-0.15, -0.1) is 0 Å². The lowest BCUT2D eigenvalue weighted by Gasteiger charge is -2.08. The number of anilines is 1. The molecule has 7 heteroatoms. The molecule has 0 unspecified atom stereocenters. The van der Waals surface area contributed by atoms with Gasteiger partial charge in [-0.05, 0) is 62.4 Å². The Morgan fingerprint density at radius 2 is 1.56 bits per heavy atom. The minimum absolute atomic E-state index is 0.0263. The quantitative estimate of drug-likeness (QED) is 0.420. The molecule has 0 atom stereocenters. The Morgan fingerprint density at radius 1 is 0.906 bits per heavy atom. The normalized spacial score (nSPS) is 10.6. The molecule has 0 aliphatic carbocycles. The van der Waals surface area contributed by atoms with Gasteiger partial charge in [0.1, 0.15) is 5.75 Å². The highest BCUT2D eigenvalue weighted by Gasteiger charge is 2.11. The molecule has 0 saturated carbocycles. The van der Waals surface area contributed by atoms with Gasteiger partial charge in [0.25, 0.3) is 11.8 Å². The van der Waals surface area contributed by atoms with Crippen LogP contribution in [0.2, 0.25) is 0 Å². The zero-order valence-corrected chi connectivity index (χ0v) is 17.7. The molecule has 32 heavy (non-hydrogen) atoms. The van der Waals surface area contributed by atoms with Gasteiger partial charge < -0.3 is 14.6 Å². The summed E-state index contributed by atoms with van der Waals surface area (Å²) < 4.78 is 10.9. The molecule has 1 aromatic heterocycles. The highest BCUT2D eigenvalue weighted by Crippen LogP contribution is 2.24. The number of hydrogen-bond donors (Lipinski definition) is 1. The summed E-state index contributed by atoms with van der Waals surface area (Å²) in [5, 5.41) is 6.77. The number of carbonyl (C=O) groups excluding carboxylic acids is 2. The number of Topliss-reactive ketones (excluding diaryl/α,β-unsaturated/α-hetero) is 1. The summed E-state index contributed by atoms with van der Waals surface area (Å²) in [6.07, 6.45) is 0. The van der Waals surface area contributed by atoms with Crippen molar-refractivity contribution in [3.05, 3.63) is 83.9 Å². The molecule has 0 fully saturated rings. The van der Waals surface area contributed by atoms with Crippen LogP contribution in [-0.4, -0.2) is 28.4 Å². The fraction of sp³-hybridized carbons (Fsp3) is 0.120. The largest absolute Gasteiger partial charge is 0.484 e. The molecular weight excluding hydrogens is 406 g/mol. The first-order chi connectivity index (χ1) is 15.5. The third-order valence-electron chi connectivity index (χ3n) is 4.78. The lowest BCUT2D eigenvalue weighted by molar-refractivity contribution is -0.118. The van der Waals surface area contributed by atoms with Crippen molar-refractivity contribution in [1.29, 1.82) is 0 Å². The smallest absolute Gasteiger partial charge is 0.262 e. The van der Waals surface area contributed by atoms with Gasteiger partial charge in [-0.25, -0.2) is 0 Å². The second kappa shape index (κ2) is 9.26. The highest BCUT2D eigenvalue weighted by molar-refractivity contribution is 5.95. The van der Waals surface area contributed by atoms with E-state index in [1.165, 1.54) is 6.92 Å². The van der Waals surface area contributed by atoms with Crippen LogP contribution >= 0.6 is 0 Å². The van der Waals surface area contributed by atoms with Gasteiger partial charge in [0, 0.05) is 22.4 Å². The molecule has 1 amide bonds. The number of aryl methyl sites for hydroxylation is 1. The Labute approximate surface area is 185 Å². The predicted molar refractivity (Wildman–Crippen MR) is 120 cm³/mol. The zero-order chi connectivity index (χ0) is 22.5. The number of carbonyl (C=O) groups is 2. The molecule has 0 aliphatic heterocycles. The number of benzene rings is 3. The van der Waals surface area contributed by atoms with Crippen molar-refractivity contribution >= 4 is 17.4 Å². The summed E-state index contributed by atoms with van der Waals surface area (Å²) in [6, 6.07) is 21.6. The van der Waals surface area contributed by atoms with Crippen LogP contribution in [0.1, 0.15) is 22.8 Å². The number of nitrogens with one attached hydrogen (secondary N) is 1. The second-order valence-corrected chi connectivity index (χ2v) is 7.28. The Morgan fingerprint density at radius 3 is 2.22 bits per heavy atom. The monoisotopic (exact) mass is 427 g/mol. The molecule has 0 spiro atoms. The Balaban J connectivity index is 1.33. The summed E-state index contributed by atoms with van der Waals surface area (Å²) in [6.45, 7) is 3.37. The molecule has 160 valence electrons. The molecule has 0 saturated heterocycles. The average molecular weight is 427 g/mol. The Bertz CT molecular complexity index is 1230. The summed E-state index contributed by atoms with van der Waals surface area (Å²) in [7, 11) is 0. The van der Waals surface area contributed by atoms with Crippen molar-refractivity contribution in [2.75, 3.05) is 11.9 Å². The van der Waals surface area contributed by atoms with E-state index in [9.17, 15) is 9.59 Å². The standard InChI is InChI=1S/C25H21N3O4/c1-16-3-5-19(6-4-16)24-27-25(32-28-24)20-9-13-22(14-10-20)31-15-23(30)26-21-11-7-18(8-12-21)17(2)29/h3-14H,15H2,1-2H3,(H,26,30). The first-order valence-corrected chi connectivity index (χ1v) is 10.0. The van der Waals surface area contributed by atoms with Crippen LogP contribution in [0.5, 0.6) is 5.75 Å². The van der Waals surface area contributed by atoms with Gasteiger partial charge in [0.2, 0.25) is 5.82 Å². The first-order valence-electron chi connectivity index (χ1n) is 10.0. The summed E-state index contributed by atoms with van der Waals surface area (Å²) in [5.41, 5.74) is 3.98. The number of aromatic nitrogens is 2. The van der Waals surface area contributed by atoms with Gasteiger partial charge in [-0.2, -0.15) is 4.98 Å². The average Bonchev–Trinajstić information content (AvgIpc) is 3.29. The molecule has 4 aromatic rings. The third-order valence-corrected chi connectivity index (χ3v) is 4.78. The van der Waals surface area contributed by atoms with E-state index in [0.29, 0.717) is 28.7 Å². The van der Waals surface area contributed by atoms with Gasteiger partial charge in [-0.3, -0.25) is 9.59 Å². The number of ketones is 1. The van der Waals surface area contributed by atoms with Gasteiger partial charge in [-0.1, -0.05) is 35.0 Å². The maximum atomic E-state index is 12.1. The molecule has 3 aromatic carbocycles. The van der Waals surface area contributed by atoms with Gasteiger partial charge in [0.05, 0.1) is 0 Å². The number of hydrogen-bond acceptors (Lipinski definition) is 6. The van der Waals surface area contributed by atoms with E-state index in [-0.39, 0.29) is 18.3 Å². The number of rotatable bonds is 7. The maximum Gasteiger partial charge on any atom is 0.262 e. The topological polar surface area (TPSA) is 94.3 Å². The predicted octanol–water partition coefficient (Wildman–Crippen LogP) is 4.93. The van der Waals surface area contributed by atoms with Crippen molar-refractivity contribution < 1.29 is 18.8 Å². The van der Waals surface area contributed by atoms with Crippen LogP contribution in [0.15, 0.2) is 77.3 Å². The van der Waals surface area contributed by atoms with Crippen molar-refractivity contribution in [2.24, 2.45) is 0 Å². The fourth-order valence-electron chi connectivity index (χ4n) is 2.99. The molecule has 1 N–H and O–H groups in total. The molecule has 1 heterocycles. The zero-order valence-electron chi connectivity index (χ0n) is 17.7. The van der Waals surface area contributed by atoms with Crippen LogP contribution in [0.3, 0.4) is 0 Å². The van der Waals surface area contributed by atoms with E-state index in [1.807, 2.05) is 31.2 Å². The van der Waals surface area contributed by atoms with E-state index >= 15 is 0 Å². The van der Waals surface area contributed by atoms with Crippen LogP contribution in [0.4, 0.5) is 5.69 Å². The number of ether oxygens (including phenoxy) is 1. The highest BCUT2D eigenvalue weighted by atomic mass is 16.5. The van der Waals surface area contributed by atoms with E-state index in [1.54, 1.807) is 48.5 Å². The minimum atomic E-state index is -0.302. The minimum Gasteiger partial charge on any atom is -0.484 e. The van der Waals surface area contributed by atoms with E-state index in [0.717, 1.165) is 16.7 Å². The molecule has 4 rings (SSSR count). The van der Waals surface area contributed by atoms with E-state index < -0.39 is 0 Å². The van der Waals surface area contributed by atoms with Crippen LogP contribution < -0.4 is 10.1 Å². The van der Waals surface area contributed by atoms with Crippen LogP contribution in [0, 0.1) is 6.92 Å².